The summed E-state index contributed by atoms with van der Waals surface area (Å²) in [4.78, 5) is 11.5. The molecule has 0 saturated carbocycles. The Balaban J connectivity index is 1.53. The van der Waals surface area contributed by atoms with Gasteiger partial charge in [0.1, 0.15) is 0 Å². The molecule has 0 aliphatic carbocycles. The van der Waals surface area contributed by atoms with Gasteiger partial charge in [0, 0.05) is 0 Å². The lowest BCUT2D eigenvalue weighted by atomic mass is 9.93. The molecule has 0 aliphatic heterocycles. The van der Waals surface area contributed by atoms with Crippen molar-refractivity contribution >= 4 is 16.7 Å². The lowest BCUT2D eigenvalue weighted by molar-refractivity contribution is -0.142. The van der Waals surface area contributed by atoms with E-state index in [9.17, 15) is 9.90 Å². The highest BCUT2D eigenvalue weighted by molar-refractivity contribution is 5.83. The van der Waals surface area contributed by atoms with Crippen molar-refractivity contribution in [2.24, 2.45) is 5.92 Å². The molecule has 0 radical (unpaired) electrons. The van der Waals surface area contributed by atoms with Gasteiger partial charge >= 0.3 is 5.97 Å². The molecule has 0 heterocycles. The summed E-state index contributed by atoms with van der Waals surface area (Å²) in [7, 11) is 0. The van der Waals surface area contributed by atoms with Gasteiger partial charge in [-0.2, -0.15) is 0 Å². The average molecular weight is 332 g/mol. The molecule has 128 valence electrons. The molecule has 1 atom stereocenters. The van der Waals surface area contributed by atoms with Gasteiger partial charge in [0.15, 0.2) is 0 Å². The van der Waals surface area contributed by atoms with E-state index in [0.29, 0.717) is 6.42 Å². The van der Waals surface area contributed by atoms with Crippen LogP contribution >= 0.6 is 0 Å². The van der Waals surface area contributed by atoms with E-state index in [-0.39, 0.29) is 5.92 Å². The number of rotatable bonds is 8. The fourth-order valence-corrected chi connectivity index (χ4v) is 3.32. The third-order valence-corrected chi connectivity index (χ3v) is 4.81. The minimum Gasteiger partial charge on any atom is -0.481 e. The molecule has 0 amide bonds. The Morgan fingerprint density at radius 2 is 1.48 bits per heavy atom. The summed E-state index contributed by atoms with van der Waals surface area (Å²) in [5.74, 6) is -0.935. The third-order valence-electron chi connectivity index (χ3n) is 4.81. The quantitative estimate of drug-likeness (QED) is 0.591. The molecule has 3 aromatic rings. The number of aliphatic carboxylic acids is 1. The summed E-state index contributed by atoms with van der Waals surface area (Å²) in [5, 5.41) is 12.0. The van der Waals surface area contributed by atoms with Crippen LogP contribution in [0.5, 0.6) is 0 Å². The molecule has 25 heavy (non-hydrogen) atoms. The minimum atomic E-state index is -0.672. The predicted octanol–water partition coefficient (Wildman–Crippen LogP) is 5.50. The van der Waals surface area contributed by atoms with Gasteiger partial charge in [-0.25, -0.2) is 0 Å². The average Bonchev–Trinajstić information content (AvgIpc) is 2.65. The number of fused-ring (bicyclic) bond motifs is 1. The monoisotopic (exact) mass is 332 g/mol. The van der Waals surface area contributed by atoms with E-state index >= 15 is 0 Å². The standard InChI is InChI=1S/C23H24O2/c24-23(25)21(16-13-18-7-2-1-3-8-18)12-6-9-19-14-15-20-10-4-5-11-22(20)17-19/h1-5,7-8,10-11,14-15,17,21H,6,9,12-13,16H2,(H,24,25). The van der Waals surface area contributed by atoms with Crippen molar-refractivity contribution < 1.29 is 9.90 Å². The second-order valence-electron chi connectivity index (χ2n) is 6.63. The van der Waals surface area contributed by atoms with E-state index in [0.717, 1.165) is 25.7 Å². The van der Waals surface area contributed by atoms with E-state index in [1.807, 2.05) is 24.3 Å². The molecule has 2 nitrogen and oxygen atoms in total. The van der Waals surface area contributed by atoms with Crippen molar-refractivity contribution in [2.45, 2.75) is 32.1 Å². The Hall–Kier alpha value is -2.61. The van der Waals surface area contributed by atoms with Crippen LogP contribution in [0.3, 0.4) is 0 Å². The summed E-state index contributed by atoms with van der Waals surface area (Å²) in [6, 6.07) is 25.0. The summed E-state index contributed by atoms with van der Waals surface area (Å²) < 4.78 is 0. The van der Waals surface area contributed by atoms with Crippen LogP contribution in [0.4, 0.5) is 0 Å². The normalized spacial score (nSPS) is 12.2. The highest BCUT2D eigenvalue weighted by Crippen LogP contribution is 2.20. The summed E-state index contributed by atoms with van der Waals surface area (Å²) in [6.07, 6.45) is 4.10. The molecule has 0 fully saturated rings. The first-order valence-corrected chi connectivity index (χ1v) is 8.97. The Labute approximate surface area is 149 Å². The molecule has 0 aromatic heterocycles. The largest absolute Gasteiger partial charge is 0.481 e. The van der Waals surface area contributed by atoms with Crippen molar-refractivity contribution in [1.29, 1.82) is 0 Å². The number of aryl methyl sites for hydroxylation is 2. The lowest BCUT2D eigenvalue weighted by Gasteiger charge is -2.12. The zero-order valence-electron chi connectivity index (χ0n) is 14.4. The molecule has 2 heteroatoms. The number of carbonyl (C=O) groups is 1. The summed E-state index contributed by atoms with van der Waals surface area (Å²) in [5.41, 5.74) is 2.49. The first-order valence-electron chi connectivity index (χ1n) is 8.97. The van der Waals surface area contributed by atoms with Crippen LogP contribution < -0.4 is 0 Å². The molecule has 3 rings (SSSR count). The van der Waals surface area contributed by atoms with E-state index in [1.165, 1.54) is 21.9 Å². The number of carboxylic acids is 1. The summed E-state index contributed by atoms with van der Waals surface area (Å²) >= 11 is 0. The smallest absolute Gasteiger partial charge is 0.306 e. The maximum atomic E-state index is 11.5. The van der Waals surface area contributed by atoms with E-state index in [2.05, 4.69) is 48.5 Å². The molecule has 0 saturated heterocycles. The fourth-order valence-electron chi connectivity index (χ4n) is 3.32. The van der Waals surface area contributed by atoms with Crippen molar-refractivity contribution in [2.75, 3.05) is 0 Å². The summed E-state index contributed by atoms with van der Waals surface area (Å²) in [6.45, 7) is 0. The first-order chi connectivity index (χ1) is 12.2. The second-order valence-corrected chi connectivity index (χ2v) is 6.63. The molecular formula is C23H24O2. The first kappa shape index (κ1) is 17.2. The van der Waals surface area contributed by atoms with Crippen LogP contribution in [0, 0.1) is 5.92 Å². The van der Waals surface area contributed by atoms with Gasteiger partial charge in [-0.1, -0.05) is 72.8 Å². The van der Waals surface area contributed by atoms with E-state index in [1.54, 1.807) is 0 Å². The van der Waals surface area contributed by atoms with Gasteiger partial charge in [0.25, 0.3) is 0 Å². The number of hydrogen-bond donors (Lipinski definition) is 1. The van der Waals surface area contributed by atoms with E-state index < -0.39 is 5.97 Å². The van der Waals surface area contributed by atoms with Crippen LogP contribution in [0.2, 0.25) is 0 Å². The van der Waals surface area contributed by atoms with Gasteiger partial charge in [-0.05, 0) is 54.0 Å². The maximum absolute atomic E-state index is 11.5. The molecule has 1 N–H and O–H groups in total. The SMILES string of the molecule is O=C(O)C(CCCc1ccc2ccccc2c1)CCc1ccccc1. The lowest BCUT2D eigenvalue weighted by Crippen LogP contribution is -2.15. The Morgan fingerprint density at radius 1 is 0.760 bits per heavy atom. The van der Waals surface area contributed by atoms with Gasteiger partial charge in [0.2, 0.25) is 0 Å². The van der Waals surface area contributed by atoms with Crippen molar-refractivity contribution in [3.8, 4) is 0 Å². The Bertz CT molecular complexity index is 824. The third kappa shape index (κ3) is 4.93. The number of hydrogen-bond acceptors (Lipinski definition) is 1. The molecule has 1 unspecified atom stereocenters. The number of benzene rings is 3. The topological polar surface area (TPSA) is 37.3 Å². The van der Waals surface area contributed by atoms with Crippen LogP contribution in [0.15, 0.2) is 72.8 Å². The van der Waals surface area contributed by atoms with Crippen LogP contribution in [0.25, 0.3) is 10.8 Å². The van der Waals surface area contributed by atoms with Crippen molar-refractivity contribution in [3.63, 3.8) is 0 Å². The highest BCUT2D eigenvalue weighted by Gasteiger charge is 2.16. The van der Waals surface area contributed by atoms with Gasteiger partial charge in [-0.15, -0.1) is 0 Å². The zero-order chi connectivity index (χ0) is 17.5. The second kappa shape index (κ2) is 8.48. The Kier molecular flexibility index (Phi) is 5.84. The van der Waals surface area contributed by atoms with Crippen LogP contribution in [-0.2, 0) is 17.6 Å². The van der Waals surface area contributed by atoms with Gasteiger partial charge in [-0.3, -0.25) is 4.79 Å². The minimum absolute atomic E-state index is 0.263. The predicted molar refractivity (Wildman–Crippen MR) is 103 cm³/mol. The van der Waals surface area contributed by atoms with Gasteiger partial charge < -0.3 is 5.11 Å². The highest BCUT2D eigenvalue weighted by atomic mass is 16.4. The Morgan fingerprint density at radius 3 is 2.24 bits per heavy atom. The molecule has 3 aromatic carbocycles. The molecule has 0 bridgehead atoms. The maximum Gasteiger partial charge on any atom is 0.306 e. The van der Waals surface area contributed by atoms with Crippen LogP contribution in [-0.4, -0.2) is 11.1 Å². The molecule has 0 aliphatic rings. The van der Waals surface area contributed by atoms with Gasteiger partial charge in [0.05, 0.1) is 5.92 Å². The van der Waals surface area contributed by atoms with Crippen molar-refractivity contribution in [1.82, 2.24) is 0 Å². The number of carboxylic acid groups (broad SMARTS) is 1. The van der Waals surface area contributed by atoms with Crippen LogP contribution in [0.1, 0.15) is 30.4 Å². The fraction of sp³-hybridized carbons (Fsp3) is 0.261. The molecular weight excluding hydrogens is 308 g/mol. The molecule has 0 spiro atoms. The zero-order valence-corrected chi connectivity index (χ0v) is 14.4. The van der Waals surface area contributed by atoms with E-state index in [4.69, 9.17) is 0 Å². The van der Waals surface area contributed by atoms with Crippen molar-refractivity contribution in [3.05, 3.63) is 83.9 Å².